The van der Waals surface area contributed by atoms with Crippen molar-refractivity contribution in [1.29, 1.82) is 0 Å². The first-order chi connectivity index (χ1) is 11.9. The van der Waals surface area contributed by atoms with Crippen LogP contribution in [0.3, 0.4) is 0 Å². The third-order valence-electron chi connectivity index (χ3n) is 3.09. The van der Waals surface area contributed by atoms with Gasteiger partial charge in [-0.25, -0.2) is 0 Å². The molecule has 0 radical (unpaired) electrons. The molecule has 0 heterocycles. The minimum Gasteiger partial charge on any atom is -0.324 e. The Morgan fingerprint density at radius 2 is 1.72 bits per heavy atom. The molecule has 1 unspecified atom stereocenters. The second kappa shape index (κ2) is 8.11. The SMILES string of the molecule is CC(=O)C(N=Nc1ccc([N+](=O)[O-])cc1)C(=O)Nc1ccc(Cl)cc1. The molecule has 0 saturated heterocycles. The van der Waals surface area contributed by atoms with E-state index in [-0.39, 0.29) is 11.4 Å². The van der Waals surface area contributed by atoms with Gasteiger partial charge in [0.2, 0.25) is 6.04 Å². The molecule has 128 valence electrons. The lowest BCUT2D eigenvalue weighted by Crippen LogP contribution is -2.31. The van der Waals surface area contributed by atoms with Gasteiger partial charge in [0.05, 0.1) is 10.6 Å². The molecular weight excluding hydrogens is 348 g/mol. The number of rotatable bonds is 6. The van der Waals surface area contributed by atoms with E-state index in [1.54, 1.807) is 24.3 Å². The molecule has 0 fully saturated rings. The zero-order valence-corrected chi connectivity index (χ0v) is 13.8. The molecule has 25 heavy (non-hydrogen) atoms. The number of azo groups is 1. The Balaban J connectivity index is 2.11. The summed E-state index contributed by atoms with van der Waals surface area (Å²) in [6.07, 6.45) is 0. The normalized spacial score (nSPS) is 11.9. The number of non-ortho nitro benzene ring substituents is 1. The van der Waals surface area contributed by atoms with Gasteiger partial charge < -0.3 is 5.32 Å². The van der Waals surface area contributed by atoms with E-state index in [0.29, 0.717) is 10.7 Å². The van der Waals surface area contributed by atoms with Crippen molar-refractivity contribution >= 4 is 40.4 Å². The molecule has 0 aliphatic carbocycles. The lowest BCUT2D eigenvalue weighted by molar-refractivity contribution is -0.384. The molecule has 8 nitrogen and oxygen atoms in total. The number of halogens is 1. The molecule has 0 aliphatic heterocycles. The Morgan fingerprint density at radius 3 is 2.24 bits per heavy atom. The first kappa shape index (κ1) is 18.2. The predicted octanol–water partition coefficient (Wildman–Crippen LogP) is 3.93. The second-order valence-corrected chi connectivity index (χ2v) is 5.43. The lowest BCUT2D eigenvalue weighted by atomic mass is 10.2. The predicted molar refractivity (Wildman–Crippen MR) is 92.2 cm³/mol. The zero-order valence-electron chi connectivity index (χ0n) is 13.0. The summed E-state index contributed by atoms with van der Waals surface area (Å²) in [5.41, 5.74) is 0.657. The van der Waals surface area contributed by atoms with Crippen LogP contribution in [0.5, 0.6) is 0 Å². The fourth-order valence-electron chi connectivity index (χ4n) is 1.83. The Labute approximate surface area is 147 Å². The van der Waals surface area contributed by atoms with Crippen LogP contribution in [0.4, 0.5) is 17.1 Å². The Kier molecular flexibility index (Phi) is 5.91. The third-order valence-corrected chi connectivity index (χ3v) is 3.35. The maximum Gasteiger partial charge on any atom is 0.269 e. The van der Waals surface area contributed by atoms with E-state index in [2.05, 4.69) is 15.5 Å². The van der Waals surface area contributed by atoms with Gasteiger partial charge in [-0.05, 0) is 43.3 Å². The number of carbonyl (C=O) groups is 2. The fraction of sp³-hybridized carbons (Fsp3) is 0.125. The lowest BCUT2D eigenvalue weighted by Gasteiger charge is -2.09. The van der Waals surface area contributed by atoms with Gasteiger partial charge in [-0.2, -0.15) is 10.2 Å². The first-order valence-corrected chi connectivity index (χ1v) is 7.47. The summed E-state index contributed by atoms with van der Waals surface area (Å²) in [5, 5.41) is 21.2. The standard InChI is InChI=1S/C16H13ClN4O4/c1-10(22)15(16(23)18-12-4-2-11(17)3-5-12)20-19-13-6-8-14(9-7-13)21(24)25/h2-9,15H,1H3,(H,18,23). The van der Waals surface area contributed by atoms with Crippen molar-refractivity contribution in [3.05, 3.63) is 63.7 Å². The third kappa shape index (κ3) is 5.18. The van der Waals surface area contributed by atoms with Crippen molar-refractivity contribution in [1.82, 2.24) is 0 Å². The van der Waals surface area contributed by atoms with Crippen molar-refractivity contribution in [3.63, 3.8) is 0 Å². The van der Waals surface area contributed by atoms with Crippen LogP contribution in [0, 0.1) is 10.1 Å². The summed E-state index contributed by atoms with van der Waals surface area (Å²) >= 11 is 5.77. The minimum absolute atomic E-state index is 0.0949. The second-order valence-electron chi connectivity index (χ2n) is 5.00. The fourth-order valence-corrected chi connectivity index (χ4v) is 1.95. The summed E-state index contributed by atoms with van der Waals surface area (Å²) in [4.78, 5) is 33.9. The molecule has 0 aromatic heterocycles. The largest absolute Gasteiger partial charge is 0.324 e. The van der Waals surface area contributed by atoms with Gasteiger partial charge in [0.15, 0.2) is 5.78 Å². The van der Waals surface area contributed by atoms with Crippen LogP contribution in [-0.2, 0) is 9.59 Å². The maximum absolute atomic E-state index is 12.2. The van der Waals surface area contributed by atoms with Gasteiger partial charge in [-0.1, -0.05) is 11.6 Å². The Hall–Kier alpha value is -3.13. The van der Waals surface area contributed by atoms with Gasteiger partial charge >= 0.3 is 0 Å². The minimum atomic E-state index is -1.33. The van der Waals surface area contributed by atoms with Crippen LogP contribution < -0.4 is 5.32 Å². The summed E-state index contributed by atoms with van der Waals surface area (Å²) in [7, 11) is 0. The summed E-state index contributed by atoms with van der Waals surface area (Å²) < 4.78 is 0. The average Bonchev–Trinajstić information content (AvgIpc) is 2.57. The van der Waals surface area contributed by atoms with Crippen LogP contribution >= 0.6 is 11.6 Å². The topological polar surface area (TPSA) is 114 Å². The molecule has 1 atom stereocenters. The highest BCUT2D eigenvalue weighted by Gasteiger charge is 2.23. The summed E-state index contributed by atoms with van der Waals surface area (Å²) in [6, 6.07) is 10.3. The molecule has 2 rings (SSSR count). The van der Waals surface area contributed by atoms with Crippen molar-refractivity contribution in [2.75, 3.05) is 5.32 Å². The maximum atomic E-state index is 12.2. The van der Waals surface area contributed by atoms with Crippen molar-refractivity contribution < 1.29 is 14.5 Å². The number of nitro groups is 1. The van der Waals surface area contributed by atoms with Crippen LogP contribution in [-0.4, -0.2) is 22.7 Å². The Morgan fingerprint density at radius 1 is 1.12 bits per heavy atom. The van der Waals surface area contributed by atoms with Gasteiger partial charge in [0.1, 0.15) is 0 Å². The number of hydrogen-bond donors (Lipinski definition) is 1. The molecule has 1 N–H and O–H groups in total. The van der Waals surface area contributed by atoms with Crippen LogP contribution in [0.15, 0.2) is 58.8 Å². The zero-order chi connectivity index (χ0) is 18.4. The summed E-state index contributed by atoms with van der Waals surface area (Å²) in [5.74, 6) is -1.13. The number of ketones is 1. The quantitative estimate of drug-likeness (QED) is 0.363. The van der Waals surface area contributed by atoms with Crippen molar-refractivity contribution in [3.8, 4) is 0 Å². The number of amides is 1. The van der Waals surface area contributed by atoms with Gasteiger partial charge in [0.25, 0.3) is 11.6 Å². The van der Waals surface area contributed by atoms with Crippen molar-refractivity contribution in [2.45, 2.75) is 13.0 Å². The number of carbonyl (C=O) groups excluding carboxylic acids is 2. The highest BCUT2D eigenvalue weighted by molar-refractivity contribution is 6.30. The average molecular weight is 361 g/mol. The molecule has 9 heteroatoms. The van der Waals surface area contributed by atoms with E-state index in [1.165, 1.54) is 31.2 Å². The molecule has 0 bridgehead atoms. The number of nitrogens with one attached hydrogen (secondary N) is 1. The van der Waals surface area contributed by atoms with Gasteiger partial charge in [-0.3, -0.25) is 19.7 Å². The number of nitro benzene ring substituents is 1. The molecule has 0 aliphatic rings. The van der Waals surface area contributed by atoms with E-state index >= 15 is 0 Å². The highest BCUT2D eigenvalue weighted by Crippen LogP contribution is 2.19. The smallest absolute Gasteiger partial charge is 0.269 e. The van der Waals surface area contributed by atoms with E-state index in [9.17, 15) is 19.7 Å². The van der Waals surface area contributed by atoms with Crippen molar-refractivity contribution in [2.24, 2.45) is 10.2 Å². The summed E-state index contributed by atoms with van der Waals surface area (Å²) in [6.45, 7) is 1.22. The molecular formula is C16H13ClN4O4. The van der Waals surface area contributed by atoms with E-state index in [0.717, 1.165) is 0 Å². The van der Waals surface area contributed by atoms with Gasteiger partial charge in [0, 0.05) is 22.8 Å². The number of hydrogen-bond acceptors (Lipinski definition) is 6. The van der Waals surface area contributed by atoms with Crippen LogP contribution in [0.1, 0.15) is 6.92 Å². The molecule has 0 spiro atoms. The van der Waals surface area contributed by atoms with Crippen LogP contribution in [0.2, 0.25) is 5.02 Å². The van der Waals surface area contributed by atoms with E-state index in [4.69, 9.17) is 11.6 Å². The van der Waals surface area contributed by atoms with E-state index < -0.39 is 22.7 Å². The van der Waals surface area contributed by atoms with Crippen LogP contribution in [0.25, 0.3) is 0 Å². The number of nitrogens with zero attached hydrogens (tertiary/aromatic N) is 3. The number of anilines is 1. The van der Waals surface area contributed by atoms with E-state index in [1.807, 2.05) is 0 Å². The van der Waals surface area contributed by atoms with Gasteiger partial charge in [-0.15, -0.1) is 0 Å². The first-order valence-electron chi connectivity index (χ1n) is 7.09. The molecule has 2 aromatic carbocycles. The molecule has 1 amide bonds. The highest BCUT2D eigenvalue weighted by atomic mass is 35.5. The molecule has 2 aromatic rings. The number of Topliss-reactive ketones (excluding diaryl/α,β-unsaturated/α-hetero) is 1. The number of benzene rings is 2. The Bertz CT molecular complexity index is 819. The monoisotopic (exact) mass is 360 g/mol. The molecule has 0 saturated carbocycles.